The van der Waals surface area contributed by atoms with E-state index in [4.69, 9.17) is 16.0 Å². The van der Waals surface area contributed by atoms with Crippen LogP contribution in [-0.2, 0) is 7.05 Å². The molecule has 33 heavy (non-hydrogen) atoms. The van der Waals surface area contributed by atoms with Crippen LogP contribution >= 0.6 is 11.6 Å². The SMILES string of the molecule is Cc1cnc(-c2cc3cc(Nc4nc(N5CCN(C)CC5)ncc4Cl)ccc3n(C)c2=O)o1. The van der Waals surface area contributed by atoms with Crippen LogP contribution in [0, 0.1) is 6.92 Å². The zero-order valence-electron chi connectivity index (χ0n) is 18.7. The molecule has 0 spiro atoms. The van der Waals surface area contributed by atoms with Gasteiger partial charge in [-0.15, -0.1) is 0 Å². The van der Waals surface area contributed by atoms with E-state index in [1.807, 2.05) is 18.2 Å². The molecule has 3 aromatic heterocycles. The van der Waals surface area contributed by atoms with Crippen LogP contribution in [0.2, 0.25) is 5.02 Å². The van der Waals surface area contributed by atoms with Crippen molar-refractivity contribution in [3.8, 4) is 11.5 Å². The van der Waals surface area contributed by atoms with E-state index in [0.717, 1.165) is 42.8 Å². The van der Waals surface area contributed by atoms with E-state index in [9.17, 15) is 4.79 Å². The molecule has 1 aliphatic rings. The minimum atomic E-state index is -0.166. The lowest BCUT2D eigenvalue weighted by Gasteiger charge is -2.32. The fourth-order valence-corrected chi connectivity index (χ4v) is 4.07. The number of anilines is 3. The van der Waals surface area contributed by atoms with Gasteiger partial charge in [0, 0.05) is 44.3 Å². The number of aromatic nitrogens is 4. The number of pyridine rings is 1. The van der Waals surface area contributed by atoms with Crippen LogP contribution in [0.5, 0.6) is 0 Å². The molecule has 1 saturated heterocycles. The van der Waals surface area contributed by atoms with E-state index in [0.29, 0.717) is 34.0 Å². The number of nitrogens with zero attached hydrogens (tertiary/aromatic N) is 6. The maximum absolute atomic E-state index is 12.8. The highest BCUT2D eigenvalue weighted by atomic mass is 35.5. The molecule has 0 amide bonds. The van der Waals surface area contributed by atoms with Crippen molar-refractivity contribution in [1.82, 2.24) is 24.4 Å². The molecule has 10 heteroatoms. The molecule has 0 bridgehead atoms. The van der Waals surface area contributed by atoms with Crippen LogP contribution in [0.3, 0.4) is 0 Å². The van der Waals surface area contributed by atoms with Gasteiger partial charge in [0.15, 0.2) is 5.82 Å². The summed E-state index contributed by atoms with van der Waals surface area (Å²) < 4.78 is 7.19. The standard InChI is InChI=1S/C23H24ClN7O2/c1-14-12-25-21(33-14)17-11-15-10-16(4-5-19(15)30(3)22(17)32)27-20-18(24)13-26-23(28-20)31-8-6-29(2)7-9-31/h4-5,10-13H,6-9H2,1-3H3,(H,26,27,28). The molecule has 4 heterocycles. The molecule has 9 nitrogen and oxygen atoms in total. The van der Waals surface area contributed by atoms with Crippen molar-refractivity contribution in [2.45, 2.75) is 6.92 Å². The van der Waals surface area contributed by atoms with Crippen molar-refractivity contribution >= 4 is 40.0 Å². The number of benzene rings is 1. The Labute approximate surface area is 195 Å². The maximum atomic E-state index is 12.8. The van der Waals surface area contributed by atoms with Crippen molar-refractivity contribution < 1.29 is 4.42 Å². The molecule has 0 unspecified atom stereocenters. The fraction of sp³-hybridized carbons (Fsp3) is 0.304. The monoisotopic (exact) mass is 465 g/mol. The highest BCUT2D eigenvalue weighted by Crippen LogP contribution is 2.28. The predicted molar refractivity (Wildman–Crippen MR) is 129 cm³/mol. The van der Waals surface area contributed by atoms with Crippen LogP contribution in [0.1, 0.15) is 5.76 Å². The lowest BCUT2D eigenvalue weighted by molar-refractivity contribution is 0.311. The number of halogens is 1. The summed E-state index contributed by atoms with van der Waals surface area (Å²) in [5, 5.41) is 4.60. The van der Waals surface area contributed by atoms with E-state index in [-0.39, 0.29) is 5.56 Å². The second kappa shape index (κ2) is 8.49. The summed E-state index contributed by atoms with van der Waals surface area (Å²) in [4.78, 5) is 30.6. The number of rotatable bonds is 4. The van der Waals surface area contributed by atoms with Crippen molar-refractivity contribution in [2.24, 2.45) is 7.05 Å². The fourth-order valence-electron chi connectivity index (χ4n) is 3.93. The summed E-state index contributed by atoms with van der Waals surface area (Å²) in [6, 6.07) is 7.53. The Hall–Kier alpha value is -3.43. The normalized spacial score (nSPS) is 14.7. The summed E-state index contributed by atoms with van der Waals surface area (Å²) >= 11 is 6.40. The number of nitrogens with one attached hydrogen (secondary N) is 1. The summed E-state index contributed by atoms with van der Waals surface area (Å²) in [5.74, 6) is 2.15. The quantitative estimate of drug-likeness (QED) is 0.490. The topological polar surface area (TPSA) is 92.3 Å². The van der Waals surface area contributed by atoms with Crippen molar-refractivity contribution in [3.63, 3.8) is 0 Å². The largest absolute Gasteiger partial charge is 0.441 e. The smallest absolute Gasteiger partial charge is 0.263 e. The molecule has 1 N–H and O–H groups in total. The Bertz CT molecular complexity index is 1390. The lowest BCUT2D eigenvalue weighted by atomic mass is 10.1. The van der Waals surface area contributed by atoms with Gasteiger partial charge in [-0.1, -0.05) is 11.6 Å². The van der Waals surface area contributed by atoms with Crippen LogP contribution in [-0.4, -0.2) is 57.6 Å². The third-order valence-corrected chi connectivity index (χ3v) is 6.13. The first-order valence-corrected chi connectivity index (χ1v) is 11.1. The number of fused-ring (bicyclic) bond motifs is 1. The molecule has 0 saturated carbocycles. The van der Waals surface area contributed by atoms with Gasteiger partial charge in [0.25, 0.3) is 5.56 Å². The molecule has 4 aromatic rings. The number of hydrogen-bond donors (Lipinski definition) is 1. The summed E-state index contributed by atoms with van der Waals surface area (Å²) in [7, 11) is 3.85. The van der Waals surface area contributed by atoms with Gasteiger partial charge in [-0.05, 0) is 38.2 Å². The number of aryl methyl sites for hydroxylation is 2. The number of hydrogen-bond acceptors (Lipinski definition) is 8. The molecule has 5 rings (SSSR count). The van der Waals surface area contributed by atoms with Gasteiger partial charge in [-0.25, -0.2) is 9.97 Å². The average molecular weight is 466 g/mol. The highest BCUT2D eigenvalue weighted by molar-refractivity contribution is 6.32. The average Bonchev–Trinajstić information content (AvgIpc) is 3.24. The molecular formula is C23H24ClN7O2. The molecular weight excluding hydrogens is 442 g/mol. The Morgan fingerprint density at radius 3 is 2.58 bits per heavy atom. The van der Waals surface area contributed by atoms with Gasteiger partial charge >= 0.3 is 0 Å². The third kappa shape index (κ3) is 4.17. The summed E-state index contributed by atoms with van der Waals surface area (Å²) in [5.41, 5.74) is 1.83. The number of piperazine rings is 1. The molecule has 1 aromatic carbocycles. The van der Waals surface area contributed by atoms with Crippen LogP contribution in [0.4, 0.5) is 17.5 Å². The van der Waals surface area contributed by atoms with Gasteiger partial charge in [0.05, 0.1) is 17.9 Å². The van der Waals surface area contributed by atoms with E-state index in [1.165, 1.54) is 0 Å². The Morgan fingerprint density at radius 1 is 1.06 bits per heavy atom. The van der Waals surface area contributed by atoms with Gasteiger partial charge in [-0.3, -0.25) is 4.79 Å². The van der Waals surface area contributed by atoms with E-state index < -0.39 is 0 Å². The van der Waals surface area contributed by atoms with Gasteiger partial charge in [0.1, 0.15) is 16.3 Å². The first-order valence-electron chi connectivity index (χ1n) is 10.7. The lowest BCUT2D eigenvalue weighted by Crippen LogP contribution is -2.45. The summed E-state index contributed by atoms with van der Waals surface area (Å²) in [6.07, 6.45) is 3.23. The Morgan fingerprint density at radius 2 is 1.85 bits per heavy atom. The molecule has 0 atom stereocenters. The predicted octanol–water partition coefficient (Wildman–Crippen LogP) is 3.44. The third-order valence-electron chi connectivity index (χ3n) is 5.86. The molecule has 170 valence electrons. The first-order chi connectivity index (χ1) is 15.9. The second-order valence-electron chi connectivity index (χ2n) is 8.25. The van der Waals surface area contributed by atoms with Gasteiger partial charge in [0.2, 0.25) is 11.8 Å². The van der Waals surface area contributed by atoms with Crippen LogP contribution in [0.15, 0.2) is 45.9 Å². The van der Waals surface area contributed by atoms with Crippen molar-refractivity contribution in [3.05, 3.63) is 57.8 Å². The van der Waals surface area contributed by atoms with E-state index in [1.54, 1.807) is 37.0 Å². The minimum absolute atomic E-state index is 0.166. The molecule has 1 fully saturated rings. The Balaban J connectivity index is 1.49. The molecule has 0 radical (unpaired) electrons. The maximum Gasteiger partial charge on any atom is 0.263 e. The Kier molecular flexibility index (Phi) is 5.51. The molecule has 1 aliphatic heterocycles. The number of likely N-dealkylation sites (N-methyl/N-ethyl adjacent to an activating group) is 1. The highest BCUT2D eigenvalue weighted by Gasteiger charge is 2.18. The van der Waals surface area contributed by atoms with Crippen LogP contribution in [0.25, 0.3) is 22.4 Å². The second-order valence-corrected chi connectivity index (χ2v) is 8.66. The summed E-state index contributed by atoms with van der Waals surface area (Å²) in [6.45, 7) is 5.45. The molecule has 0 aliphatic carbocycles. The zero-order valence-corrected chi connectivity index (χ0v) is 19.4. The van der Waals surface area contributed by atoms with Gasteiger partial charge in [-0.2, -0.15) is 4.98 Å². The number of oxazole rings is 1. The zero-order chi connectivity index (χ0) is 23.1. The van der Waals surface area contributed by atoms with E-state index in [2.05, 4.69) is 37.1 Å². The minimum Gasteiger partial charge on any atom is -0.441 e. The van der Waals surface area contributed by atoms with Crippen molar-refractivity contribution in [2.75, 3.05) is 43.4 Å². The van der Waals surface area contributed by atoms with E-state index >= 15 is 0 Å². The first kappa shape index (κ1) is 21.4. The van der Waals surface area contributed by atoms with Gasteiger partial charge < -0.3 is 24.1 Å². The van der Waals surface area contributed by atoms with Crippen molar-refractivity contribution in [1.29, 1.82) is 0 Å². The van der Waals surface area contributed by atoms with Crippen LogP contribution < -0.4 is 15.8 Å².